The molecule has 0 fully saturated rings. The number of nitrogens with two attached hydrogens (primary N) is 1. The molecular formula is C8H6N4O2. The molecule has 3 N–H and O–H groups in total. The van der Waals surface area contributed by atoms with Crippen LogP contribution >= 0.6 is 0 Å². The Morgan fingerprint density at radius 1 is 1.36 bits per heavy atom. The standard InChI is InChI=1S/C8H6N4O2/c9-8-11-6(13)4-2-1-3-10-5(4)7(14)12-8/h1-3H,(H3,9,11,12,13,14). The summed E-state index contributed by atoms with van der Waals surface area (Å²) >= 11 is 0. The third-order valence-corrected chi connectivity index (χ3v) is 1.72. The van der Waals surface area contributed by atoms with E-state index in [2.05, 4.69) is 15.0 Å². The van der Waals surface area contributed by atoms with Gasteiger partial charge in [-0.2, -0.15) is 4.98 Å². The molecule has 0 spiro atoms. The lowest BCUT2D eigenvalue weighted by atomic mass is 10.3. The molecule has 0 saturated carbocycles. The van der Waals surface area contributed by atoms with Crippen molar-refractivity contribution in [1.29, 1.82) is 0 Å². The molecule has 0 radical (unpaired) electrons. The van der Waals surface area contributed by atoms with Gasteiger partial charge in [0.25, 0.3) is 11.1 Å². The summed E-state index contributed by atoms with van der Waals surface area (Å²) in [7, 11) is 0. The average molecular weight is 190 g/mol. The molecule has 2 heterocycles. The highest BCUT2D eigenvalue weighted by Gasteiger charge is 2.02. The van der Waals surface area contributed by atoms with Gasteiger partial charge < -0.3 is 5.73 Å². The zero-order valence-corrected chi connectivity index (χ0v) is 7.02. The fourth-order valence-corrected chi connectivity index (χ4v) is 1.13. The van der Waals surface area contributed by atoms with Crippen molar-refractivity contribution >= 4 is 16.9 Å². The first-order valence-corrected chi connectivity index (χ1v) is 3.83. The van der Waals surface area contributed by atoms with Crippen LogP contribution < -0.4 is 16.9 Å². The van der Waals surface area contributed by atoms with Crippen molar-refractivity contribution < 1.29 is 0 Å². The van der Waals surface area contributed by atoms with Crippen LogP contribution in [0.2, 0.25) is 0 Å². The second-order valence-electron chi connectivity index (χ2n) is 2.66. The Morgan fingerprint density at radius 2 is 2.14 bits per heavy atom. The van der Waals surface area contributed by atoms with Crippen LogP contribution in [-0.4, -0.2) is 15.0 Å². The first kappa shape index (κ1) is 8.36. The van der Waals surface area contributed by atoms with Gasteiger partial charge in [0.1, 0.15) is 5.52 Å². The summed E-state index contributed by atoms with van der Waals surface area (Å²) in [6.45, 7) is 0. The van der Waals surface area contributed by atoms with Crippen LogP contribution in [0.3, 0.4) is 0 Å². The molecule has 2 aromatic rings. The minimum absolute atomic E-state index is 0.0432. The summed E-state index contributed by atoms with van der Waals surface area (Å²) in [5, 5.41) is 0.158. The molecule has 6 heteroatoms. The Morgan fingerprint density at radius 3 is 2.93 bits per heavy atom. The second kappa shape index (κ2) is 2.91. The van der Waals surface area contributed by atoms with E-state index in [1.165, 1.54) is 12.3 Å². The topological polar surface area (TPSA) is 102 Å². The van der Waals surface area contributed by atoms with Crippen LogP contribution in [0.25, 0.3) is 10.9 Å². The van der Waals surface area contributed by atoms with E-state index >= 15 is 0 Å². The van der Waals surface area contributed by atoms with Gasteiger partial charge in [-0.25, -0.2) is 0 Å². The Balaban J connectivity index is 3.18. The van der Waals surface area contributed by atoms with Crippen molar-refractivity contribution in [3.05, 3.63) is 39.0 Å². The smallest absolute Gasteiger partial charge is 0.282 e. The maximum Gasteiger partial charge on any atom is 0.282 e. The lowest BCUT2D eigenvalue weighted by molar-refractivity contribution is 1.18. The van der Waals surface area contributed by atoms with Crippen LogP contribution in [0.5, 0.6) is 0 Å². The fourth-order valence-electron chi connectivity index (χ4n) is 1.13. The van der Waals surface area contributed by atoms with E-state index in [9.17, 15) is 9.59 Å². The first-order chi connectivity index (χ1) is 6.68. The number of rotatable bonds is 0. The number of anilines is 1. The van der Waals surface area contributed by atoms with Gasteiger partial charge in [0.15, 0.2) is 0 Å². The molecule has 0 saturated heterocycles. The number of nitrogens with zero attached hydrogens (tertiary/aromatic N) is 2. The van der Waals surface area contributed by atoms with Crippen LogP contribution in [0, 0.1) is 0 Å². The minimum Gasteiger partial charge on any atom is -0.369 e. The Hall–Kier alpha value is -2.24. The number of nitrogen functional groups attached to an aromatic ring is 1. The minimum atomic E-state index is -0.566. The Kier molecular flexibility index (Phi) is 1.74. The molecule has 2 rings (SSSR count). The van der Waals surface area contributed by atoms with E-state index in [1.807, 2.05) is 0 Å². The molecule has 0 aliphatic carbocycles. The predicted molar refractivity (Wildman–Crippen MR) is 50.8 cm³/mol. The third-order valence-electron chi connectivity index (χ3n) is 1.72. The molecular weight excluding hydrogens is 184 g/mol. The highest BCUT2D eigenvalue weighted by Crippen LogP contribution is 1.97. The van der Waals surface area contributed by atoms with Crippen LogP contribution in [0.15, 0.2) is 27.9 Å². The summed E-state index contributed by atoms with van der Waals surface area (Å²) in [6, 6.07) is 3.04. The van der Waals surface area contributed by atoms with Crippen molar-refractivity contribution in [2.45, 2.75) is 0 Å². The van der Waals surface area contributed by atoms with Gasteiger partial charge in [-0.05, 0) is 12.1 Å². The lowest BCUT2D eigenvalue weighted by Gasteiger charge is -1.84. The van der Waals surface area contributed by atoms with Gasteiger partial charge in [0, 0.05) is 6.20 Å². The highest BCUT2D eigenvalue weighted by atomic mass is 16.1. The maximum absolute atomic E-state index is 11.4. The van der Waals surface area contributed by atoms with Gasteiger partial charge in [0.05, 0.1) is 5.39 Å². The number of fused-ring (bicyclic) bond motifs is 1. The molecule has 0 amide bonds. The van der Waals surface area contributed by atoms with Gasteiger partial charge >= 0.3 is 0 Å². The van der Waals surface area contributed by atoms with E-state index in [0.29, 0.717) is 0 Å². The fraction of sp³-hybridized carbons (Fsp3) is 0. The highest BCUT2D eigenvalue weighted by molar-refractivity contribution is 5.75. The number of aromatic amines is 1. The normalized spacial score (nSPS) is 10.3. The van der Waals surface area contributed by atoms with E-state index in [1.54, 1.807) is 6.07 Å². The number of hydrogen-bond donors (Lipinski definition) is 2. The lowest BCUT2D eigenvalue weighted by Crippen LogP contribution is -2.06. The van der Waals surface area contributed by atoms with Crippen LogP contribution in [0.1, 0.15) is 0 Å². The van der Waals surface area contributed by atoms with Crippen molar-refractivity contribution in [1.82, 2.24) is 15.0 Å². The van der Waals surface area contributed by atoms with Gasteiger partial charge in [0.2, 0.25) is 5.95 Å². The first-order valence-electron chi connectivity index (χ1n) is 3.83. The molecule has 2 aromatic heterocycles. The molecule has 6 nitrogen and oxygen atoms in total. The zero-order valence-electron chi connectivity index (χ0n) is 7.02. The quantitative estimate of drug-likeness (QED) is 0.569. The van der Waals surface area contributed by atoms with Crippen LogP contribution in [-0.2, 0) is 0 Å². The summed E-state index contributed by atoms with van der Waals surface area (Å²) < 4.78 is 0. The number of aromatic nitrogens is 3. The Labute approximate surface area is 77.4 Å². The number of pyridine rings is 1. The molecule has 0 aliphatic heterocycles. The number of H-pyrrole nitrogens is 1. The summed E-state index contributed by atoms with van der Waals surface area (Å²) in [6.07, 6.45) is 1.42. The molecule has 0 bridgehead atoms. The van der Waals surface area contributed by atoms with Crippen molar-refractivity contribution in [2.24, 2.45) is 0 Å². The second-order valence-corrected chi connectivity index (χ2v) is 2.66. The summed E-state index contributed by atoms with van der Waals surface area (Å²) in [5.41, 5.74) is 4.22. The van der Waals surface area contributed by atoms with Gasteiger partial charge in [-0.1, -0.05) is 0 Å². The summed E-state index contributed by atoms with van der Waals surface area (Å²) in [4.78, 5) is 32.2. The van der Waals surface area contributed by atoms with Gasteiger partial charge in [-0.3, -0.25) is 19.6 Å². The van der Waals surface area contributed by atoms with E-state index < -0.39 is 11.1 Å². The molecule has 0 aromatic carbocycles. The maximum atomic E-state index is 11.4. The SMILES string of the molecule is Nc1nc(=O)c2cccnc2c(=O)[nH]1. The van der Waals surface area contributed by atoms with Crippen molar-refractivity contribution in [3.63, 3.8) is 0 Å². The van der Waals surface area contributed by atoms with E-state index in [-0.39, 0.29) is 16.9 Å². The van der Waals surface area contributed by atoms with Gasteiger partial charge in [-0.15, -0.1) is 0 Å². The molecule has 0 unspecified atom stereocenters. The molecule has 14 heavy (non-hydrogen) atoms. The Bertz CT molecular complexity index is 553. The number of nitrogens with one attached hydrogen (secondary N) is 1. The summed E-state index contributed by atoms with van der Waals surface area (Å²) in [5.74, 6) is -0.210. The zero-order chi connectivity index (χ0) is 10.1. The third kappa shape index (κ3) is 1.22. The monoisotopic (exact) mass is 190 g/mol. The van der Waals surface area contributed by atoms with Crippen molar-refractivity contribution in [3.8, 4) is 0 Å². The van der Waals surface area contributed by atoms with E-state index in [0.717, 1.165) is 0 Å². The van der Waals surface area contributed by atoms with E-state index in [4.69, 9.17) is 5.73 Å². The average Bonchev–Trinajstić information content (AvgIpc) is 2.26. The predicted octanol–water partition coefficient (Wildman–Crippen LogP) is -0.740. The number of hydrogen-bond acceptors (Lipinski definition) is 5. The largest absolute Gasteiger partial charge is 0.369 e. The molecule has 0 aliphatic rings. The molecule has 0 atom stereocenters. The van der Waals surface area contributed by atoms with Crippen LogP contribution in [0.4, 0.5) is 5.95 Å². The molecule has 70 valence electrons. The van der Waals surface area contributed by atoms with Crippen molar-refractivity contribution in [2.75, 3.05) is 5.73 Å².